The van der Waals surface area contributed by atoms with Gasteiger partial charge in [0.15, 0.2) is 8.32 Å². The first-order valence-corrected chi connectivity index (χ1v) is 11.3. The van der Waals surface area contributed by atoms with Crippen LogP contribution in [0.25, 0.3) is 10.9 Å². The van der Waals surface area contributed by atoms with Gasteiger partial charge in [0.05, 0.1) is 5.52 Å². The molecule has 0 aliphatic rings. The molecule has 0 amide bonds. The molecule has 0 unspecified atom stereocenters. The second-order valence-corrected chi connectivity index (χ2v) is 12.8. The van der Waals surface area contributed by atoms with E-state index in [-0.39, 0.29) is 10.6 Å². The summed E-state index contributed by atoms with van der Waals surface area (Å²) in [5.41, 5.74) is 1.06. The van der Waals surface area contributed by atoms with Crippen LogP contribution in [0.2, 0.25) is 18.1 Å². The summed E-state index contributed by atoms with van der Waals surface area (Å²) in [4.78, 5) is 12.3. The van der Waals surface area contributed by atoms with Crippen molar-refractivity contribution in [3.63, 3.8) is 0 Å². The minimum atomic E-state index is -1.74. The smallest absolute Gasteiger partial charge is 0.251 e. The van der Waals surface area contributed by atoms with Crippen molar-refractivity contribution in [1.29, 1.82) is 0 Å². The molecular formula is C19H29NO2Si. The zero-order valence-corrected chi connectivity index (χ0v) is 16.2. The van der Waals surface area contributed by atoms with E-state index in [0.29, 0.717) is 19.1 Å². The number of hydrogen-bond donors (Lipinski definition) is 0. The predicted molar refractivity (Wildman–Crippen MR) is 101 cm³/mol. The van der Waals surface area contributed by atoms with Crippen LogP contribution in [-0.4, -0.2) is 19.5 Å². The third-order valence-corrected chi connectivity index (χ3v) is 9.43. The molecule has 1 aromatic carbocycles. The summed E-state index contributed by atoms with van der Waals surface area (Å²) in [6.45, 7) is 14.8. The summed E-state index contributed by atoms with van der Waals surface area (Å²) < 4.78 is 8.17. The maximum atomic E-state index is 12.3. The zero-order chi connectivity index (χ0) is 17.3. The standard InChI is InChI=1S/C19H29NO2Si/c1-15(14-22-23(5,6)19(2,3)4)13-20-17-10-8-7-9-16(17)11-12-18(20)21/h7-12,15H,13-14H2,1-6H3/t15-/m0/s1. The molecule has 0 bridgehead atoms. The lowest BCUT2D eigenvalue weighted by Gasteiger charge is -2.37. The van der Waals surface area contributed by atoms with Gasteiger partial charge in [-0.1, -0.05) is 45.9 Å². The molecular weight excluding hydrogens is 302 g/mol. The summed E-state index contributed by atoms with van der Waals surface area (Å²) >= 11 is 0. The van der Waals surface area contributed by atoms with Gasteiger partial charge in [-0.3, -0.25) is 4.79 Å². The fraction of sp³-hybridized carbons (Fsp3) is 0.526. The summed E-state index contributed by atoms with van der Waals surface area (Å²) in [7, 11) is -1.74. The Balaban J connectivity index is 2.14. The van der Waals surface area contributed by atoms with Gasteiger partial charge in [0.25, 0.3) is 5.56 Å². The van der Waals surface area contributed by atoms with Crippen LogP contribution in [0.5, 0.6) is 0 Å². The molecule has 0 fully saturated rings. The second kappa shape index (κ2) is 6.61. The molecule has 23 heavy (non-hydrogen) atoms. The molecule has 2 rings (SSSR count). The van der Waals surface area contributed by atoms with E-state index in [0.717, 1.165) is 10.9 Å². The lowest BCUT2D eigenvalue weighted by Crippen LogP contribution is -2.42. The summed E-state index contributed by atoms with van der Waals surface area (Å²) in [6.07, 6.45) is 0. The Hall–Kier alpha value is -1.39. The van der Waals surface area contributed by atoms with E-state index in [4.69, 9.17) is 4.43 Å². The van der Waals surface area contributed by atoms with Crippen molar-refractivity contribution in [2.45, 2.75) is 52.4 Å². The van der Waals surface area contributed by atoms with Gasteiger partial charge < -0.3 is 8.99 Å². The van der Waals surface area contributed by atoms with Crippen LogP contribution in [0.15, 0.2) is 41.2 Å². The monoisotopic (exact) mass is 331 g/mol. The number of fused-ring (bicyclic) bond motifs is 1. The summed E-state index contributed by atoms with van der Waals surface area (Å²) in [5.74, 6) is 0.299. The zero-order valence-electron chi connectivity index (χ0n) is 15.2. The number of rotatable bonds is 5. The fourth-order valence-corrected chi connectivity index (χ4v) is 3.50. The van der Waals surface area contributed by atoms with Crippen LogP contribution in [0.1, 0.15) is 27.7 Å². The van der Waals surface area contributed by atoms with Crippen LogP contribution in [0.3, 0.4) is 0 Å². The van der Waals surface area contributed by atoms with Gasteiger partial charge in [0.2, 0.25) is 0 Å². The van der Waals surface area contributed by atoms with Crippen molar-refractivity contribution in [3.05, 3.63) is 46.8 Å². The predicted octanol–water partition coefficient (Wildman–Crippen LogP) is 4.66. The van der Waals surface area contributed by atoms with E-state index >= 15 is 0 Å². The molecule has 1 heterocycles. The van der Waals surface area contributed by atoms with Gasteiger partial charge in [-0.2, -0.15) is 0 Å². The summed E-state index contributed by atoms with van der Waals surface area (Å²) in [6, 6.07) is 11.6. The maximum Gasteiger partial charge on any atom is 0.251 e. The highest BCUT2D eigenvalue weighted by molar-refractivity contribution is 6.74. The van der Waals surface area contributed by atoms with Gasteiger partial charge in [0.1, 0.15) is 0 Å². The molecule has 2 aromatic rings. The van der Waals surface area contributed by atoms with Gasteiger partial charge in [0, 0.05) is 19.2 Å². The Morgan fingerprint density at radius 2 is 1.78 bits per heavy atom. The Bertz CT molecular complexity index is 728. The van der Waals surface area contributed by atoms with E-state index in [1.807, 2.05) is 34.9 Å². The van der Waals surface area contributed by atoms with Crippen LogP contribution >= 0.6 is 0 Å². The molecule has 0 saturated heterocycles. The quantitative estimate of drug-likeness (QED) is 0.746. The Labute approximate surface area is 140 Å². The Morgan fingerprint density at radius 1 is 1.13 bits per heavy atom. The third kappa shape index (κ3) is 4.12. The normalized spacial score (nSPS) is 14.2. The summed E-state index contributed by atoms with van der Waals surface area (Å²) in [5, 5.41) is 1.31. The fourth-order valence-electron chi connectivity index (χ4n) is 2.36. The average Bonchev–Trinajstić information content (AvgIpc) is 2.47. The van der Waals surface area contributed by atoms with Gasteiger partial charge in [-0.15, -0.1) is 0 Å². The van der Waals surface area contributed by atoms with Crippen molar-refractivity contribution < 1.29 is 4.43 Å². The molecule has 1 aromatic heterocycles. The van der Waals surface area contributed by atoms with Crippen LogP contribution in [-0.2, 0) is 11.0 Å². The number of aromatic nitrogens is 1. The highest BCUT2D eigenvalue weighted by Crippen LogP contribution is 2.36. The Morgan fingerprint density at radius 3 is 2.43 bits per heavy atom. The molecule has 0 aliphatic carbocycles. The van der Waals surface area contributed by atoms with E-state index in [1.165, 1.54) is 0 Å². The molecule has 126 valence electrons. The SMILES string of the molecule is C[C@H](CO[Si](C)(C)C(C)(C)C)Cn1c(=O)ccc2ccccc21. The molecule has 4 heteroatoms. The lowest BCUT2D eigenvalue weighted by atomic mass is 10.1. The first kappa shape index (κ1) is 18.0. The highest BCUT2D eigenvalue weighted by atomic mass is 28.4. The largest absolute Gasteiger partial charge is 0.416 e. The molecule has 0 aliphatic heterocycles. The number of hydrogen-bond acceptors (Lipinski definition) is 2. The van der Waals surface area contributed by atoms with Crippen LogP contribution < -0.4 is 5.56 Å². The molecule has 0 N–H and O–H groups in total. The van der Waals surface area contributed by atoms with Crippen molar-refractivity contribution in [2.24, 2.45) is 5.92 Å². The van der Waals surface area contributed by atoms with Crippen LogP contribution in [0, 0.1) is 5.92 Å². The molecule has 1 atom stereocenters. The first-order chi connectivity index (χ1) is 10.6. The van der Waals surface area contributed by atoms with Crippen LogP contribution in [0.4, 0.5) is 0 Å². The first-order valence-electron chi connectivity index (χ1n) is 8.34. The average molecular weight is 332 g/mol. The topological polar surface area (TPSA) is 31.2 Å². The van der Waals surface area contributed by atoms with Crippen molar-refractivity contribution in [2.75, 3.05) is 6.61 Å². The minimum absolute atomic E-state index is 0.0582. The lowest BCUT2D eigenvalue weighted by molar-refractivity contribution is 0.224. The van der Waals surface area contributed by atoms with Gasteiger partial charge in [-0.25, -0.2) is 0 Å². The second-order valence-electron chi connectivity index (χ2n) is 8.02. The van der Waals surface area contributed by atoms with Crippen molar-refractivity contribution >= 4 is 19.2 Å². The number of benzene rings is 1. The van der Waals surface area contributed by atoms with E-state index < -0.39 is 8.32 Å². The number of para-hydroxylation sites is 1. The molecule has 0 radical (unpaired) electrons. The van der Waals surface area contributed by atoms with Gasteiger partial charge in [-0.05, 0) is 41.6 Å². The van der Waals surface area contributed by atoms with Crippen molar-refractivity contribution in [3.8, 4) is 0 Å². The third-order valence-electron chi connectivity index (χ3n) is 4.93. The molecule has 0 spiro atoms. The Kier molecular flexibility index (Phi) is 5.16. The molecule has 0 saturated carbocycles. The number of nitrogens with zero attached hydrogens (tertiary/aromatic N) is 1. The molecule has 3 nitrogen and oxygen atoms in total. The minimum Gasteiger partial charge on any atom is -0.416 e. The van der Waals surface area contributed by atoms with E-state index in [9.17, 15) is 4.79 Å². The van der Waals surface area contributed by atoms with Crippen molar-refractivity contribution in [1.82, 2.24) is 4.57 Å². The highest BCUT2D eigenvalue weighted by Gasteiger charge is 2.37. The van der Waals surface area contributed by atoms with Gasteiger partial charge >= 0.3 is 0 Å². The number of pyridine rings is 1. The van der Waals surface area contributed by atoms with E-state index in [2.05, 4.69) is 40.8 Å². The van der Waals surface area contributed by atoms with E-state index in [1.54, 1.807) is 6.07 Å². The maximum absolute atomic E-state index is 12.3.